The van der Waals surface area contributed by atoms with Gasteiger partial charge >= 0.3 is 6.09 Å². The van der Waals surface area contributed by atoms with Crippen molar-refractivity contribution in [3.8, 4) is 5.69 Å². The number of rotatable bonds is 5. The number of hydrogen-bond acceptors (Lipinski definition) is 5. The molecule has 29 heavy (non-hydrogen) atoms. The van der Waals surface area contributed by atoms with Crippen LogP contribution in [0.2, 0.25) is 5.15 Å². The SMILES string of the molecule is CN(Cc1cc(S(=O)(=O)c2ccc(Cl)nc2)n(-c2cccc(F)c2F)n1)C(=O)O. The van der Waals surface area contributed by atoms with Gasteiger partial charge < -0.3 is 10.0 Å². The van der Waals surface area contributed by atoms with Crippen LogP contribution in [0.25, 0.3) is 5.69 Å². The van der Waals surface area contributed by atoms with Crippen LogP contribution in [0.4, 0.5) is 13.6 Å². The molecule has 12 heteroatoms. The van der Waals surface area contributed by atoms with Gasteiger partial charge in [0.25, 0.3) is 0 Å². The van der Waals surface area contributed by atoms with Crippen molar-refractivity contribution in [3.63, 3.8) is 0 Å². The highest BCUT2D eigenvalue weighted by Crippen LogP contribution is 2.27. The van der Waals surface area contributed by atoms with E-state index in [0.29, 0.717) is 4.68 Å². The Hall–Kier alpha value is -3.05. The lowest BCUT2D eigenvalue weighted by atomic mass is 10.3. The zero-order valence-corrected chi connectivity index (χ0v) is 16.3. The number of aromatic nitrogens is 3. The Kier molecular flexibility index (Phi) is 5.53. The third-order valence-electron chi connectivity index (χ3n) is 3.90. The lowest BCUT2D eigenvalue weighted by molar-refractivity contribution is 0.153. The first-order valence-corrected chi connectivity index (χ1v) is 9.81. The Bertz CT molecular complexity index is 1180. The first-order valence-electron chi connectivity index (χ1n) is 7.95. The van der Waals surface area contributed by atoms with Crippen LogP contribution >= 0.6 is 11.6 Å². The predicted octanol–water partition coefficient (Wildman–Crippen LogP) is 3.14. The maximum atomic E-state index is 14.3. The summed E-state index contributed by atoms with van der Waals surface area (Å²) in [6.45, 7) is -0.277. The summed E-state index contributed by atoms with van der Waals surface area (Å²) < 4.78 is 54.9. The predicted molar refractivity (Wildman–Crippen MR) is 97.7 cm³/mol. The fourth-order valence-corrected chi connectivity index (χ4v) is 3.91. The molecule has 0 aliphatic heterocycles. The van der Waals surface area contributed by atoms with Gasteiger partial charge in [-0.1, -0.05) is 17.7 Å². The van der Waals surface area contributed by atoms with Crippen molar-refractivity contribution < 1.29 is 27.1 Å². The van der Waals surface area contributed by atoms with Crippen LogP contribution in [0.3, 0.4) is 0 Å². The molecule has 0 aliphatic rings. The van der Waals surface area contributed by atoms with Gasteiger partial charge in [0.05, 0.1) is 17.1 Å². The normalized spacial score (nSPS) is 11.4. The number of carbonyl (C=O) groups is 1. The van der Waals surface area contributed by atoms with Gasteiger partial charge in [0.15, 0.2) is 16.7 Å². The average Bonchev–Trinajstić information content (AvgIpc) is 3.08. The van der Waals surface area contributed by atoms with E-state index in [9.17, 15) is 22.0 Å². The molecule has 1 amide bonds. The van der Waals surface area contributed by atoms with Gasteiger partial charge in [-0.3, -0.25) is 0 Å². The van der Waals surface area contributed by atoms with Crippen LogP contribution in [0.15, 0.2) is 52.5 Å². The van der Waals surface area contributed by atoms with Crippen molar-refractivity contribution in [3.05, 3.63) is 65.1 Å². The van der Waals surface area contributed by atoms with Gasteiger partial charge in [0.2, 0.25) is 9.84 Å². The summed E-state index contributed by atoms with van der Waals surface area (Å²) in [4.78, 5) is 15.4. The fraction of sp³-hybridized carbons (Fsp3) is 0.118. The Labute approximate surface area is 168 Å². The standard InChI is InChI=1S/C17H13ClF2N4O4S/c1-23(17(25)26)9-10-7-15(29(27,28)11-5-6-14(18)21-8-11)24(22-10)13-4-2-3-12(19)16(13)20/h2-8H,9H2,1H3,(H,25,26). The summed E-state index contributed by atoms with van der Waals surface area (Å²) in [5.74, 6) is -2.50. The van der Waals surface area contributed by atoms with E-state index in [1.807, 2.05) is 0 Å². The van der Waals surface area contributed by atoms with Crippen LogP contribution in [0.5, 0.6) is 0 Å². The summed E-state index contributed by atoms with van der Waals surface area (Å²) in [6.07, 6.45) is -0.261. The molecule has 0 spiro atoms. The van der Waals surface area contributed by atoms with Crippen LogP contribution in [0.1, 0.15) is 5.69 Å². The Morgan fingerprint density at radius 3 is 2.62 bits per heavy atom. The molecular formula is C17H13ClF2N4O4S. The number of halogens is 3. The Morgan fingerprint density at radius 2 is 2.00 bits per heavy atom. The van der Waals surface area contributed by atoms with Crippen molar-refractivity contribution in [1.82, 2.24) is 19.7 Å². The molecule has 0 radical (unpaired) electrons. The minimum absolute atomic E-state index is 0.0130. The second-order valence-corrected chi connectivity index (χ2v) is 8.20. The summed E-state index contributed by atoms with van der Waals surface area (Å²) in [5, 5.41) is 12.6. The van der Waals surface area contributed by atoms with Gasteiger partial charge in [-0.05, 0) is 24.3 Å². The molecule has 2 heterocycles. The first kappa shape index (κ1) is 20.7. The Balaban J connectivity index is 2.21. The molecule has 0 unspecified atom stereocenters. The number of amides is 1. The van der Waals surface area contributed by atoms with Crippen LogP contribution in [-0.4, -0.2) is 46.3 Å². The quantitative estimate of drug-likeness (QED) is 0.608. The van der Waals surface area contributed by atoms with Gasteiger partial charge in [-0.15, -0.1) is 0 Å². The van der Waals surface area contributed by atoms with E-state index >= 15 is 0 Å². The van der Waals surface area contributed by atoms with E-state index < -0.39 is 38.3 Å². The minimum Gasteiger partial charge on any atom is -0.465 e. The van der Waals surface area contributed by atoms with Gasteiger partial charge in [-0.2, -0.15) is 5.10 Å². The third kappa shape index (κ3) is 4.05. The molecule has 1 aromatic carbocycles. The van der Waals surface area contributed by atoms with Crippen LogP contribution in [-0.2, 0) is 16.4 Å². The first-order chi connectivity index (χ1) is 13.6. The molecule has 0 bridgehead atoms. The van der Waals surface area contributed by atoms with Crippen LogP contribution < -0.4 is 0 Å². The molecule has 0 fully saturated rings. The topological polar surface area (TPSA) is 105 Å². The van der Waals surface area contributed by atoms with Gasteiger partial charge in [0.1, 0.15) is 10.8 Å². The molecule has 2 aromatic heterocycles. The molecule has 8 nitrogen and oxygen atoms in total. The zero-order chi connectivity index (χ0) is 21.3. The molecule has 0 atom stereocenters. The van der Waals surface area contributed by atoms with E-state index in [-0.39, 0.29) is 22.3 Å². The molecule has 3 aromatic rings. The lowest BCUT2D eigenvalue weighted by Crippen LogP contribution is -2.24. The van der Waals surface area contributed by atoms with E-state index in [1.165, 1.54) is 25.2 Å². The monoisotopic (exact) mass is 442 g/mol. The van der Waals surface area contributed by atoms with Crippen molar-refractivity contribution in [2.45, 2.75) is 16.5 Å². The minimum atomic E-state index is -4.28. The highest BCUT2D eigenvalue weighted by atomic mass is 35.5. The Morgan fingerprint density at radius 1 is 1.28 bits per heavy atom. The smallest absolute Gasteiger partial charge is 0.407 e. The second-order valence-electron chi connectivity index (χ2n) is 5.92. The molecule has 1 N–H and O–H groups in total. The number of carboxylic acid groups (broad SMARTS) is 1. The van der Waals surface area contributed by atoms with Crippen molar-refractivity contribution in [2.75, 3.05) is 7.05 Å². The summed E-state index contributed by atoms with van der Waals surface area (Å²) in [7, 11) is -3.02. The van der Waals surface area contributed by atoms with Gasteiger partial charge in [-0.25, -0.2) is 31.7 Å². The van der Waals surface area contributed by atoms with E-state index in [1.54, 1.807) is 0 Å². The van der Waals surface area contributed by atoms with Crippen molar-refractivity contribution in [2.24, 2.45) is 0 Å². The molecular weight excluding hydrogens is 430 g/mol. The lowest BCUT2D eigenvalue weighted by Gasteiger charge is -2.10. The molecule has 152 valence electrons. The molecule has 0 aliphatic carbocycles. The number of hydrogen-bond donors (Lipinski definition) is 1. The second kappa shape index (κ2) is 7.76. The van der Waals surface area contributed by atoms with E-state index in [0.717, 1.165) is 29.3 Å². The van der Waals surface area contributed by atoms with Crippen molar-refractivity contribution in [1.29, 1.82) is 0 Å². The summed E-state index contributed by atoms with van der Waals surface area (Å²) in [5.41, 5.74) is -0.436. The molecule has 3 rings (SSSR count). The highest BCUT2D eigenvalue weighted by molar-refractivity contribution is 7.91. The van der Waals surface area contributed by atoms with E-state index in [4.69, 9.17) is 16.7 Å². The maximum Gasteiger partial charge on any atom is 0.407 e. The third-order valence-corrected chi connectivity index (χ3v) is 5.83. The average molecular weight is 443 g/mol. The number of benzene rings is 1. The maximum absolute atomic E-state index is 14.3. The highest BCUT2D eigenvalue weighted by Gasteiger charge is 2.27. The number of sulfone groups is 1. The molecule has 0 saturated heterocycles. The largest absolute Gasteiger partial charge is 0.465 e. The molecule has 0 saturated carbocycles. The van der Waals surface area contributed by atoms with E-state index in [2.05, 4.69) is 10.1 Å². The summed E-state index contributed by atoms with van der Waals surface area (Å²) >= 11 is 5.69. The zero-order valence-electron chi connectivity index (χ0n) is 14.8. The van der Waals surface area contributed by atoms with Crippen LogP contribution in [0, 0.1) is 11.6 Å². The number of nitrogens with zero attached hydrogens (tertiary/aromatic N) is 4. The fourth-order valence-electron chi connectivity index (χ4n) is 2.46. The van der Waals surface area contributed by atoms with Crippen molar-refractivity contribution >= 4 is 27.5 Å². The van der Waals surface area contributed by atoms with Gasteiger partial charge in [0, 0.05) is 19.3 Å². The summed E-state index contributed by atoms with van der Waals surface area (Å²) in [6, 6.07) is 6.77. The number of pyridine rings is 1.